The first-order valence-corrected chi connectivity index (χ1v) is 5.19. The Hall–Kier alpha value is -1.36. The highest BCUT2D eigenvalue weighted by molar-refractivity contribution is 5.85. The quantitative estimate of drug-likeness (QED) is 0.372. The molecule has 0 aliphatic heterocycles. The molecule has 0 amide bonds. The third-order valence-corrected chi connectivity index (χ3v) is 1.60. The molecule has 5 nitrogen and oxygen atoms in total. The second-order valence-electron chi connectivity index (χ2n) is 2.94. The molecule has 0 saturated carbocycles. The maximum Gasteiger partial charge on any atom is 0.347 e. The third kappa shape index (κ3) is 7.00. The van der Waals surface area contributed by atoms with Gasteiger partial charge < -0.3 is 14.2 Å². The molecule has 0 spiro atoms. The Morgan fingerprint density at radius 3 is 2.56 bits per heavy atom. The van der Waals surface area contributed by atoms with Crippen LogP contribution >= 0.6 is 0 Å². The molecule has 0 heterocycles. The zero-order chi connectivity index (χ0) is 12.4. The van der Waals surface area contributed by atoms with Crippen molar-refractivity contribution >= 4 is 11.9 Å². The molecule has 0 aromatic carbocycles. The first-order chi connectivity index (χ1) is 7.61. The highest BCUT2D eigenvalue weighted by Gasteiger charge is 2.17. The first kappa shape index (κ1) is 14.6. The van der Waals surface area contributed by atoms with Gasteiger partial charge in [0, 0.05) is 12.7 Å². The minimum absolute atomic E-state index is 0.165. The van der Waals surface area contributed by atoms with Gasteiger partial charge in [-0.3, -0.25) is 0 Å². The molecule has 0 radical (unpaired) electrons. The molecule has 0 saturated heterocycles. The first-order valence-electron chi connectivity index (χ1n) is 5.19. The van der Waals surface area contributed by atoms with E-state index in [1.807, 2.05) is 6.92 Å². The van der Waals surface area contributed by atoms with Crippen molar-refractivity contribution in [2.45, 2.75) is 26.9 Å². The summed E-state index contributed by atoms with van der Waals surface area (Å²) >= 11 is 0. The van der Waals surface area contributed by atoms with Crippen LogP contribution < -0.4 is 0 Å². The Labute approximate surface area is 95.4 Å². The predicted molar refractivity (Wildman–Crippen MR) is 57.8 cm³/mol. The van der Waals surface area contributed by atoms with Crippen LogP contribution in [0.5, 0.6) is 0 Å². The standard InChI is InChI=1S/C11H18O5/c1-4-6-10(12)16-9(3)11(13)15-8-7-14-5-2/h4,6,9H,5,7-8H2,1-3H3/b6-4+. The highest BCUT2D eigenvalue weighted by Crippen LogP contribution is 1.96. The molecule has 1 unspecified atom stereocenters. The van der Waals surface area contributed by atoms with Crippen molar-refractivity contribution < 1.29 is 23.8 Å². The molecular weight excluding hydrogens is 212 g/mol. The number of esters is 2. The number of carbonyl (C=O) groups excluding carboxylic acids is 2. The number of hydrogen-bond acceptors (Lipinski definition) is 5. The van der Waals surface area contributed by atoms with Gasteiger partial charge in [0.05, 0.1) is 6.61 Å². The van der Waals surface area contributed by atoms with E-state index in [9.17, 15) is 9.59 Å². The minimum atomic E-state index is -0.898. The van der Waals surface area contributed by atoms with Crippen molar-refractivity contribution in [3.63, 3.8) is 0 Å². The van der Waals surface area contributed by atoms with Crippen molar-refractivity contribution in [1.29, 1.82) is 0 Å². The van der Waals surface area contributed by atoms with E-state index in [1.165, 1.54) is 19.1 Å². The molecule has 0 aliphatic carbocycles. The van der Waals surface area contributed by atoms with Crippen LogP contribution in [0.1, 0.15) is 20.8 Å². The number of allylic oxidation sites excluding steroid dienone is 1. The summed E-state index contributed by atoms with van der Waals surface area (Å²) in [5.41, 5.74) is 0. The smallest absolute Gasteiger partial charge is 0.347 e. The largest absolute Gasteiger partial charge is 0.461 e. The van der Waals surface area contributed by atoms with Crippen LogP contribution in [0.3, 0.4) is 0 Å². The van der Waals surface area contributed by atoms with E-state index in [-0.39, 0.29) is 6.61 Å². The maximum absolute atomic E-state index is 11.3. The van der Waals surface area contributed by atoms with E-state index in [1.54, 1.807) is 6.92 Å². The second-order valence-corrected chi connectivity index (χ2v) is 2.94. The summed E-state index contributed by atoms with van der Waals surface area (Å²) in [6.07, 6.45) is 1.88. The number of rotatable bonds is 7. The lowest BCUT2D eigenvalue weighted by atomic mass is 10.4. The Morgan fingerprint density at radius 2 is 2.00 bits per heavy atom. The van der Waals surface area contributed by atoms with Crippen molar-refractivity contribution in [2.75, 3.05) is 19.8 Å². The van der Waals surface area contributed by atoms with E-state index < -0.39 is 18.0 Å². The molecule has 0 aromatic heterocycles. The van der Waals surface area contributed by atoms with E-state index in [2.05, 4.69) is 0 Å². The normalized spacial score (nSPS) is 12.4. The van der Waals surface area contributed by atoms with Gasteiger partial charge in [-0.1, -0.05) is 6.08 Å². The summed E-state index contributed by atoms with van der Waals surface area (Å²) < 4.78 is 14.6. The van der Waals surface area contributed by atoms with Gasteiger partial charge in [-0.05, 0) is 20.8 Å². The van der Waals surface area contributed by atoms with Crippen LogP contribution in [0.4, 0.5) is 0 Å². The maximum atomic E-state index is 11.3. The molecular formula is C11H18O5. The van der Waals surface area contributed by atoms with Gasteiger partial charge in [0.2, 0.25) is 0 Å². The summed E-state index contributed by atoms with van der Waals surface area (Å²) in [6, 6.07) is 0. The number of carbonyl (C=O) groups is 2. The van der Waals surface area contributed by atoms with E-state index >= 15 is 0 Å². The van der Waals surface area contributed by atoms with Crippen LogP contribution in [0.25, 0.3) is 0 Å². The third-order valence-electron chi connectivity index (χ3n) is 1.60. The topological polar surface area (TPSA) is 61.8 Å². The highest BCUT2D eigenvalue weighted by atomic mass is 16.6. The van der Waals surface area contributed by atoms with E-state index in [0.29, 0.717) is 13.2 Å². The van der Waals surface area contributed by atoms with Gasteiger partial charge in [0.25, 0.3) is 0 Å². The average molecular weight is 230 g/mol. The summed E-state index contributed by atoms with van der Waals surface area (Å²) in [5.74, 6) is -1.13. The molecule has 0 rings (SSSR count). The average Bonchev–Trinajstić information content (AvgIpc) is 2.24. The van der Waals surface area contributed by atoms with Gasteiger partial charge >= 0.3 is 11.9 Å². The lowest BCUT2D eigenvalue weighted by Gasteiger charge is -2.11. The summed E-state index contributed by atoms with van der Waals surface area (Å²) in [6.45, 7) is 6.08. The fourth-order valence-electron chi connectivity index (χ4n) is 0.861. The molecule has 0 fully saturated rings. The van der Waals surface area contributed by atoms with Gasteiger partial charge in [-0.15, -0.1) is 0 Å². The van der Waals surface area contributed by atoms with Crippen molar-refractivity contribution in [3.05, 3.63) is 12.2 Å². The zero-order valence-electron chi connectivity index (χ0n) is 9.89. The molecule has 0 aromatic rings. The Bertz CT molecular complexity index is 247. The van der Waals surface area contributed by atoms with Gasteiger partial charge in [0.15, 0.2) is 6.10 Å². The van der Waals surface area contributed by atoms with Crippen LogP contribution in [0.2, 0.25) is 0 Å². The van der Waals surface area contributed by atoms with E-state index in [4.69, 9.17) is 14.2 Å². The molecule has 0 bridgehead atoms. The zero-order valence-corrected chi connectivity index (χ0v) is 9.89. The lowest BCUT2D eigenvalue weighted by Crippen LogP contribution is -2.26. The monoisotopic (exact) mass is 230 g/mol. The Balaban J connectivity index is 3.77. The summed E-state index contributed by atoms with van der Waals surface area (Å²) in [4.78, 5) is 22.3. The molecule has 1 atom stereocenters. The van der Waals surface area contributed by atoms with Crippen LogP contribution in [-0.4, -0.2) is 37.9 Å². The summed E-state index contributed by atoms with van der Waals surface area (Å²) in [5, 5.41) is 0. The molecule has 0 aliphatic rings. The fraction of sp³-hybridized carbons (Fsp3) is 0.636. The molecule has 5 heteroatoms. The van der Waals surface area contributed by atoms with Crippen LogP contribution in [0.15, 0.2) is 12.2 Å². The van der Waals surface area contributed by atoms with Crippen LogP contribution in [-0.2, 0) is 23.8 Å². The SMILES string of the molecule is C/C=C/C(=O)OC(C)C(=O)OCCOCC. The van der Waals surface area contributed by atoms with Crippen molar-refractivity contribution in [1.82, 2.24) is 0 Å². The number of hydrogen-bond donors (Lipinski definition) is 0. The Kier molecular flexibility index (Phi) is 8.15. The predicted octanol–water partition coefficient (Wildman–Crippen LogP) is 1.07. The van der Waals surface area contributed by atoms with E-state index in [0.717, 1.165) is 0 Å². The summed E-state index contributed by atoms with van der Waals surface area (Å²) in [7, 11) is 0. The van der Waals surface area contributed by atoms with Crippen molar-refractivity contribution in [2.24, 2.45) is 0 Å². The van der Waals surface area contributed by atoms with Gasteiger partial charge in [-0.2, -0.15) is 0 Å². The molecule has 16 heavy (non-hydrogen) atoms. The Morgan fingerprint density at radius 1 is 1.31 bits per heavy atom. The fourth-order valence-corrected chi connectivity index (χ4v) is 0.861. The van der Waals surface area contributed by atoms with Gasteiger partial charge in [0.1, 0.15) is 6.61 Å². The van der Waals surface area contributed by atoms with Crippen molar-refractivity contribution in [3.8, 4) is 0 Å². The minimum Gasteiger partial charge on any atom is -0.461 e. The van der Waals surface area contributed by atoms with Crippen LogP contribution in [0, 0.1) is 0 Å². The molecule has 92 valence electrons. The molecule has 0 N–H and O–H groups in total. The number of ether oxygens (including phenoxy) is 3. The second kappa shape index (κ2) is 8.91. The lowest BCUT2D eigenvalue weighted by molar-refractivity contribution is -0.164. The van der Waals surface area contributed by atoms with Gasteiger partial charge in [-0.25, -0.2) is 9.59 Å².